The van der Waals surface area contributed by atoms with E-state index in [1.165, 1.54) is 25.2 Å². The average Bonchev–Trinajstić information content (AvgIpc) is 3.30. The number of carbonyl (C=O) groups excluding carboxylic acids is 2. The number of nitrogens with one attached hydrogen (secondary N) is 1. The fraction of sp³-hybridized carbons (Fsp3) is 0.192. The van der Waals surface area contributed by atoms with Crippen LogP contribution in [0.5, 0.6) is 5.75 Å². The quantitative estimate of drug-likeness (QED) is 0.259. The molecule has 1 aromatic carbocycles. The second kappa shape index (κ2) is 10.9. The summed E-state index contributed by atoms with van der Waals surface area (Å²) in [6.45, 7) is 4.73. The van der Waals surface area contributed by atoms with Crippen molar-refractivity contribution >= 4 is 34.9 Å². The highest BCUT2D eigenvalue weighted by atomic mass is 32.1. The summed E-state index contributed by atoms with van der Waals surface area (Å²) in [5.41, 5.74) is 2.76. The zero-order valence-electron chi connectivity index (χ0n) is 19.5. The van der Waals surface area contributed by atoms with Crippen LogP contribution in [0.15, 0.2) is 67.0 Å². The Bertz CT molecular complexity index is 1340. The molecule has 0 aliphatic rings. The molecule has 0 radical (unpaired) electrons. The summed E-state index contributed by atoms with van der Waals surface area (Å²) in [4.78, 5) is 37.3. The lowest BCUT2D eigenvalue weighted by Crippen LogP contribution is -2.11. The highest BCUT2D eigenvalue weighted by molar-refractivity contribution is 7.15. The van der Waals surface area contributed by atoms with E-state index in [2.05, 4.69) is 20.3 Å². The van der Waals surface area contributed by atoms with E-state index < -0.39 is 12.1 Å². The number of benzene rings is 1. The van der Waals surface area contributed by atoms with Crippen molar-refractivity contribution in [3.8, 4) is 16.3 Å². The third-order valence-corrected chi connectivity index (χ3v) is 6.00. The van der Waals surface area contributed by atoms with E-state index in [9.17, 15) is 9.59 Å². The number of nitrogens with zero attached hydrogens (tertiary/aromatic N) is 3. The van der Waals surface area contributed by atoms with Crippen molar-refractivity contribution in [3.63, 3.8) is 0 Å². The molecular weight excluding hydrogens is 464 g/mol. The Morgan fingerprint density at radius 2 is 1.80 bits per heavy atom. The Morgan fingerprint density at radius 3 is 2.51 bits per heavy atom. The number of ether oxygens (including phenoxy) is 2. The van der Waals surface area contributed by atoms with Crippen LogP contribution in [0.4, 0.5) is 11.6 Å². The van der Waals surface area contributed by atoms with Crippen molar-refractivity contribution in [2.75, 3.05) is 5.32 Å². The third kappa shape index (κ3) is 6.70. The molecule has 8 nitrogen and oxygen atoms in total. The monoisotopic (exact) mass is 488 g/mol. The van der Waals surface area contributed by atoms with Gasteiger partial charge in [-0.05, 0) is 54.4 Å². The molecule has 9 heteroatoms. The highest BCUT2D eigenvalue weighted by Crippen LogP contribution is 2.32. The maximum absolute atomic E-state index is 11.8. The molecule has 0 aliphatic carbocycles. The third-order valence-electron chi connectivity index (χ3n) is 4.89. The Morgan fingerprint density at radius 1 is 1.00 bits per heavy atom. The van der Waals surface area contributed by atoms with Gasteiger partial charge in [0.15, 0.2) is 6.10 Å². The first-order chi connectivity index (χ1) is 16.9. The van der Waals surface area contributed by atoms with E-state index in [1.54, 1.807) is 24.5 Å². The maximum atomic E-state index is 11.8. The van der Waals surface area contributed by atoms with Crippen molar-refractivity contribution < 1.29 is 19.1 Å². The molecule has 0 spiro atoms. The SMILES string of the molecule is CC(=O)Oc1ccc(CC(OC(C)=O)c2ncc(-c3cccc(Nc4cc(C)ccn4)n3)s2)cc1. The van der Waals surface area contributed by atoms with Gasteiger partial charge in [-0.2, -0.15) is 0 Å². The summed E-state index contributed by atoms with van der Waals surface area (Å²) in [6.07, 6.45) is 3.36. The van der Waals surface area contributed by atoms with Gasteiger partial charge >= 0.3 is 11.9 Å². The fourth-order valence-electron chi connectivity index (χ4n) is 3.39. The molecule has 1 unspecified atom stereocenters. The zero-order chi connectivity index (χ0) is 24.8. The largest absolute Gasteiger partial charge is 0.455 e. The lowest BCUT2D eigenvalue weighted by molar-refractivity contribution is -0.146. The molecule has 0 bridgehead atoms. The van der Waals surface area contributed by atoms with E-state index in [-0.39, 0.29) is 5.97 Å². The smallest absolute Gasteiger partial charge is 0.308 e. The van der Waals surface area contributed by atoms with E-state index in [0.29, 0.717) is 28.8 Å². The molecule has 178 valence electrons. The molecule has 0 saturated carbocycles. The van der Waals surface area contributed by atoms with Crippen molar-refractivity contribution in [2.24, 2.45) is 0 Å². The molecule has 0 aliphatic heterocycles. The summed E-state index contributed by atoms with van der Waals surface area (Å²) in [5.74, 6) is 1.07. The minimum absolute atomic E-state index is 0.381. The number of aryl methyl sites for hydroxylation is 1. The van der Waals surface area contributed by atoms with Crippen LogP contribution in [-0.4, -0.2) is 26.9 Å². The predicted molar refractivity (Wildman–Crippen MR) is 134 cm³/mol. The van der Waals surface area contributed by atoms with E-state index in [0.717, 1.165) is 21.7 Å². The summed E-state index contributed by atoms with van der Waals surface area (Å²) < 4.78 is 10.7. The summed E-state index contributed by atoms with van der Waals surface area (Å²) >= 11 is 1.42. The molecular formula is C26H24N4O4S. The minimum atomic E-state index is -0.552. The minimum Gasteiger partial charge on any atom is -0.455 e. The lowest BCUT2D eigenvalue weighted by atomic mass is 10.1. The molecule has 1 N–H and O–H groups in total. The van der Waals surface area contributed by atoms with Crippen molar-refractivity contribution in [1.29, 1.82) is 0 Å². The Labute approximate surface area is 207 Å². The lowest BCUT2D eigenvalue weighted by Gasteiger charge is -2.15. The molecule has 4 aromatic rings. The summed E-state index contributed by atoms with van der Waals surface area (Å²) in [5, 5.41) is 3.89. The molecule has 0 saturated heterocycles. The fourth-order valence-corrected chi connectivity index (χ4v) is 4.30. The molecule has 35 heavy (non-hydrogen) atoms. The second-order valence-corrected chi connectivity index (χ2v) is 8.92. The van der Waals surface area contributed by atoms with E-state index in [1.807, 2.05) is 49.4 Å². The van der Waals surface area contributed by atoms with Crippen molar-refractivity contribution in [3.05, 3.63) is 83.1 Å². The number of anilines is 2. The van der Waals surface area contributed by atoms with Gasteiger partial charge in [0, 0.05) is 32.7 Å². The first-order valence-corrected chi connectivity index (χ1v) is 11.7. The molecule has 4 rings (SSSR count). The average molecular weight is 489 g/mol. The van der Waals surface area contributed by atoms with Crippen LogP contribution >= 0.6 is 11.3 Å². The van der Waals surface area contributed by atoms with Gasteiger partial charge in [0.05, 0.1) is 10.6 Å². The number of aromatic nitrogens is 3. The van der Waals surface area contributed by atoms with Crippen LogP contribution < -0.4 is 10.1 Å². The standard InChI is InChI=1S/C26H24N4O4S/c1-16-11-12-27-25(13-16)30-24-6-4-5-21(29-24)23-15-28-26(35-23)22(34-18(3)32)14-19-7-9-20(10-8-19)33-17(2)31/h4-13,15,22H,14H2,1-3H3,(H,27,29,30). The topological polar surface area (TPSA) is 103 Å². The van der Waals surface area contributed by atoms with Crippen LogP contribution in [-0.2, 0) is 20.7 Å². The number of esters is 2. The Balaban J connectivity index is 1.52. The van der Waals surface area contributed by atoms with Gasteiger partial charge in [-0.3, -0.25) is 9.59 Å². The van der Waals surface area contributed by atoms with Crippen LogP contribution in [0.1, 0.15) is 36.1 Å². The Hall–Kier alpha value is -4.11. The predicted octanol–water partition coefficient (Wildman–Crippen LogP) is 5.42. The molecule has 3 aromatic heterocycles. The normalized spacial score (nSPS) is 11.5. The number of carbonyl (C=O) groups is 2. The number of pyridine rings is 2. The molecule has 0 amide bonds. The maximum Gasteiger partial charge on any atom is 0.308 e. The first-order valence-electron chi connectivity index (χ1n) is 10.9. The summed E-state index contributed by atoms with van der Waals surface area (Å²) in [6, 6.07) is 16.6. The van der Waals surface area contributed by atoms with Gasteiger partial charge in [-0.1, -0.05) is 18.2 Å². The highest BCUT2D eigenvalue weighted by Gasteiger charge is 2.21. The molecule has 1 atom stereocenters. The van der Waals surface area contributed by atoms with Gasteiger partial charge in [0.2, 0.25) is 0 Å². The van der Waals surface area contributed by atoms with Crippen molar-refractivity contribution in [2.45, 2.75) is 33.3 Å². The number of hydrogen-bond acceptors (Lipinski definition) is 9. The van der Waals surface area contributed by atoms with Crippen LogP contribution in [0.25, 0.3) is 10.6 Å². The van der Waals surface area contributed by atoms with Gasteiger partial charge in [0.25, 0.3) is 0 Å². The van der Waals surface area contributed by atoms with Crippen LogP contribution in [0.2, 0.25) is 0 Å². The number of rotatable bonds is 8. The van der Waals surface area contributed by atoms with Gasteiger partial charge < -0.3 is 14.8 Å². The van der Waals surface area contributed by atoms with Crippen LogP contribution in [0, 0.1) is 6.92 Å². The van der Waals surface area contributed by atoms with E-state index in [4.69, 9.17) is 9.47 Å². The zero-order valence-corrected chi connectivity index (χ0v) is 20.3. The molecule has 3 heterocycles. The van der Waals surface area contributed by atoms with Gasteiger partial charge in [0.1, 0.15) is 22.4 Å². The first kappa shape index (κ1) is 24.0. The second-order valence-electron chi connectivity index (χ2n) is 7.85. The van der Waals surface area contributed by atoms with Crippen LogP contribution in [0.3, 0.4) is 0 Å². The van der Waals surface area contributed by atoms with Gasteiger partial charge in [-0.25, -0.2) is 15.0 Å². The van der Waals surface area contributed by atoms with E-state index >= 15 is 0 Å². The number of hydrogen-bond donors (Lipinski definition) is 1. The van der Waals surface area contributed by atoms with Crippen molar-refractivity contribution in [1.82, 2.24) is 15.0 Å². The summed E-state index contributed by atoms with van der Waals surface area (Å²) in [7, 11) is 0. The number of thiazole rings is 1. The Kier molecular flexibility index (Phi) is 7.47. The van der Waals surface area contributed by atoms with Gasteiger partial charge in [-0.15, -0.1) is 11.3 Å². The molecule has 0 fully saturated rings.